The smallest absolute Gasteiger partial charge is 0.261 e. The molecule has 0 bridgehead atoms. The lowest BCUT2D eigenvalue weighted by Crippen LogP contribution is -2.13. The lowest BCUT2D eigenvalue weighted by molar-refractivity contribution is 0.102. The SMILES string of the molecule is COc1ccc(S(=O)(=O)Nc2ccc(C(=O)CS)cc2)cc1. The number of anilines is 1. The largest absolute Gasteiger partial charge is 0.497 e. The Hall–Kier alpha value is -1.99. The van der Waals surface area contributed by atoms with Gasteiger partial charge in [0.05, 0.1) is 17.8 Å². The van der Waals surface area contributed by atoms with E-state index in [2.05, 4.69) is 17.4 Å². The summed E-state index contributed by atoms with van der Waals surface area (Å²) in [5.41, 5.74) is 0.869. The Bertz CT molecular complexity index is 753. The number of sulfonamides is 1. The molecule has 0 aromatic heterocycles. The van der Waals surface area contributed by atoms with E-state index in [-0.39, 0.29) is 16.4 Å². The van der Waals surface area contributed by atoms with Crippen LogP contribution in [0.5, 0.6) is 5.75 Å². The second-order valence-electron chi connectivity index (χ2n) is 4.44. The monoisotopic (exact) mass is 337 g/mol. The fourth-order valence-corrected chi connectivity index (χ4v) is 3.03. The number of nitrogens with one attached hydrogen (secondary N) is 1. The lowest BCUT2D eigenvalue weighted by atomic mass is 10.1. The molecule has 0 saturated carbocycles. The molecule has 5 nitrogen and oxygen atoms in total. The Labute approximate surface area is 134 Å². The molecule has 0 aliphatic rings. The first-order valence-corrected chi connectivity index (χ1v) is 8.49. The summed E-state index contributed by atoms with van der Waals surface area (Å²) < 4.78 is 31.9. The molecule has 0 unspecified atom stereocenters. The van der Waals surface area contributed by atoms with E-state index in [4.69, 9.17) is 4.74 Å². The van der Waals surface area contributed by atoms with Crippen LogP contribution in [0.2, 0.25) is 0 Å². The Morgan fingerprint density at radius 3 is 2.18 bits per heavy atom. The average Bonchev–Trinajstić information content (AvgIpc) is 2.54. The summed E-state index contributed by atoms with van der Waals surface area (Å²) in [7, 11) is -2.17. The fraction of sp³-hybridized carbons (Fsp3) is 0.133. The van der Waals surface area contributed by atoms with E-state index in [9.17, 15) is 13.2 Å². The maximum atomic E-state index is 12.2. The fourth-order valence-electron chi connectivity index (χ4n) is 1.78. The van der Waals surface area contributed by atoms with Gasteiger partial charge < -0.3 is 4.74 Å². The van der Waals surface area contributed by atoms with Gasteiger partial charge >= 0.3 is 0 Å². The van der Waals surface area contributed by atoms with E-state index >= 15 is 0 Å². The molecular formula is C15H15NO4S2. The van der Waals surface area contributed by atoms with Gasteiger partial charge in [0.25, 0.3) is 10.0 Å². The number of carbonyl (C=O) groups is 1. The number of ketones is 1. The predicted molar refractivity (Wildman–Crippen MR) is 88.4 cm³/mol. The van der Waals surface area contributed by atoms with Gasteiger partial charge in [-0.1, -0.05) is 0 Å². The van der Waals surface area contributed by atoms with Crippen LogP contribution in [0.25, 0.3) is 0 Å². The molecule has 2 aromatic carbocycles. The number of methoxy groups -OCH3 is 1. The van der Waals surface area contributed by atoms with Crippen LogP contribution in [0, 0.1) is 0 Å². The molecule has 0 aliphatic heterocycles. The number of ether oxygens (including phenoxy) is 1. The van der Waals surface area contributed by atoms with Gasteiger partial charge in [-0.25, -0.2) is 8.42 Å². The van der Waals surface area contributed by atoms with Gasteiger partial charge in [-0.2, -0.15) is 12.6 Å². The molecule has 7 heteroatoms. The second kappa shape index (κ2) is 6.85. The zero-order valence-electron chi connectivity index (χ0n) is 11.8. The molecule has 0 heterocycles. The zero-order valence-corrected chi connectivity index (χ0v) is 13.5. The molecule has 0 saturated heterocycles. The van der Waals surface area contributed by atoms with Crippen LogP contribution >= 0.6 is 12.6 Å². The molecule has 116 valence electrons. The van der Waals surface area contributed by atoms with Crippen molar-refractivity contribution in [2.45, 2.75) is 4.90 Å². The predicted octanol–water partition coefficient (Wildman–Crippen LogP) is 2.61. The molecule has 2 rings (SSSR count). The van der Waals surface area contributed by atoms with Crippen LogP contribution in [-0.4, -0.2) is 27.1 Å². The quantitative estimate of drug-likeness (QED) is 0.628. The number of Topliss-reactive ketones (excluding diaryl/α,β-unsaturated/α-hetero) is 1. The highest BCUT2D eigenvalue weighted by atomic mass is 32.2. The Balaban J connectivity index is 2.19. The third-order valence-corrected chi connectivity index (χ3v) is 4.66. The van der Waals surface area contributed by atoms with E-state index in [0.717, 1.165) is 0 Å². The van der Waals surface area contributed by atoms with E-state index in [1.165, 1.54) is 31.4 Å². The molecule has 0 atom stereocenters. The first-order chi connectivity index (χ1) is 10.5. The van der Waals surface area contributed by atoms with Gasteiger partial charge in [-0.05, 0) is 48.5 Å². The van der Waals surface area contributed by atoms with E-state index < -0.39 is 10.0 Å². The minimum atomic E-state index is -3.68. The maximum absolute atomic E-state index is 12.2. The van der Waals surface area contributed by atoms with Crippen molar-refractivity contribution in [3.05, 3.63) is 54.1 Å². The minimum absolute atomic E-state index is 0.108. The number of rotatable bonds is 6. The summed E-state index contributed by atoms with van der Waals surface area (Å²) in [6.07, 6.45) is 0. The van der Waals surface area contributed by atoms with Gasteiger partial charge in [-0.3, -0.25) is 9.52 Å². The number of hydrogen-bond donors (Lipinski definition) is 2. The highest BCUT2D eigenvalue weighted by Gasteiger charge is 2.14. The third kappa shape index (κ3) is 3.80. The van der Waals surface area contributed by atoms with Gasteiger partial charge in [0, 0.05) is 11.3 Å². The molecule has 0 fully saturated rings. The number of carbonyl (C=O) groups excluding carboxylic acids is 1. The van der Waals surface area contributed by atoms with Crippen molar-refractivity contribution in [3.8, 4) is 5.75 Å². The Morgan fingerprint density at radius 1 is 1.09 bits per heavy atom. The van der Waals surface area contributed by atoms with Gasteiger partial charge in [-0.15, -0.1) is 0 Å². The lowest BCUT2D eigenvalue weighted by Gasteiger charge is -2.09. The standard InChI is InChI=1S/C15H15NO4S2/c1-20-13-6-8-14(9-7-13)22(18,19)16-12-4-2-11(3-5-12)15(17)10-21/h2-9,16,21H,10H2,1H3. The molecule has 0 amide bonds. The first kappa shape index (κ1) is 16.4. The molecule has 22 heavy (non-hydrogen) atoms. The summed E-state index contributed by atoms with van der Waals surface area (Å²) in [6.45, 7) is 0. The topological polar surface area (TPSA) is 72.5 Å². The molecule has 0 radical (unpaired) electrons. The van der Waals surface area contributed by atoms with Crippen LogP contribution in [0.4, 0.5) is 5.69 Å². The highest BCUT2D eigenvalue weighted by molar-refractivity contribution is 7.92. The van der Waals surface area contributed by atoms with Crippen LogP contribution in [0.1, 0.15) is 10.4 Å². The second-order valence-corrected chi connectivity index (χ2v) is 6.44. The first-order valence-electron chi connectivity index (χ1n) is 6.37. The van der Waals surface area contributed by atoms with Crippen molar-refractivity contribution in [1.29, 1.82) is 0 Å². The third-order valence-electron chi connectivity index (χ3n) is 2.97. The molecular weight excluding hydrogens is 322 g/mol. The van der Waals surface area contributed by atoms with Crippen molar-refractivity contribution >= 4 is 34.1 Å². The molecule has 1 N–H and O–H groups in total. The summed E-state index contributed by atoms with van der Waals surface area (Å²) in [4.78, 5) is 11.6. The van der Waals surface area contributed by atoms with E-state index in [1.807, 2.05) is 0 Å². The summed E-state index contributed by atoms with van der Waals surface area (Å²) >= 11 is 3.91. The summed E-state index contributed by atoms with van der Waals surface area (Å²) in [5.74, 6) is 0.568. The highest BCUT2D eigenvalue weighted by Crippen LogP contribution is 2.19. The Morgan fingerprint density at radius 2 is 1.68 bits per heavy atom. The van der Waals surface area contributed by atoms with Crippen molar-refractivity contribution in [3.63, 3.8) is 0 Å². The molecule has 0 aliphatic carbocycles. The van der Waals surface area contributed by atoms with Gasteiger partial charge in [0.15, 0.2) is 5.78 Å². The average molecular weight is 337 g/mol. The number of benzene rings is 2. The Kier molecular flexibility index (Phi) is 5.10. The van der Waals surface area contributed by atoms with Gasteiger partial charge in [0.1, 0.15) is 5.75 Å². The van der Waals surface area contributed by atoms with E-state index in [0.29, 0.717) is 17.0 Å². The van der Waals surface area contributed by atoms with Gasteiger partial charge in [0.2, 0.25) is 0 Å². The van der Waals surface area contributed by atoms with Crippen LogP contribution in [0.15, 0.2) is 53.4 Å². The van der Waals surface area contributed by atoms with Crippen LogP contribution in [-0.2, 0) is 10.0 Å². The number of thiol groups is 1. The van der Waals surface area contributed by atoms with Crippen molar-refractivity contribution in [2.24, 2.45) is 0 Å². The van der Waals surface area contributed by atoms with E-state index in [1.54, 1.807) is 24.3 Å². The van der Waals surface area contributed by atoms with Crippen LogP contribution in [0.3, 0.4) is 0 Å². The molecule has 0 spiro atoms. The maximum Gasteiger partial charge on any atom is 0.261 e. The van der Waals surface area contributed by atoms with Crippen molar-refractivity contribution in [2.75, 3.05) is 17.6 Å². The summed E-state index contributed by atoms with van der Waals surface area (Å²) in [6, 6.07) is 12.3. The van der Waals surface area contributed by atoms with Crippen molar-refractivity contribution in [1.82, 2.24) is 0 Å². The summed E-state index contributed by atoms with van der Waals surface area (Å²) in [5, 5.41) is 0. The number of hydrogen-bond acceptors (Lipinski definition) is 5. The molecule has 2 aromatic rings. The van der Waals surface area contributed by atoms with Crippen LogP contribution < -0.4 is 9.46 Å². The normalized spacial score (nSPS) is 11.0. The minimum Gasteiger partial charge on any atom is -0.497 e. The van der Waals surface area contributed by atoms with Crippen molar-refractivity contribution < 1.29 is 17.9 Å². The zero-order chi connectivity index (χ0) is 16.2.